The van der Waals surface area contributed by atoms with E-state index in [1.807, 2.05) is 30.5 Å². The van der Waals surface area contributed by atoms with E-state index in [1.54, 1.807) is 18.1 Å². The minimum atomic E-state index is 0.563. The smallest absolute Gasteiger partial charge is 0.191 e. The molecule has 0 aliphatic rings. The van der Waals surface area contributed by atoms with Crippen LogP contribution in [0.3, 0.4) is 0 Å². The number of H-pyrrole nitrogens is 2. The number of aromatic nitrogens is 6. The van der Waals surface area contributed by atoms with E-state index < -0.39 is 0 Å². The molecule has 0 fully saturated rings. The van der Waals surface area contributed by atoms with Crippen molar-refractivity contribution < 1.29 is 0 Å². The summed E-state index contributed by atoms with van der Waals surface area (Å²) in [4.78, 5) is 10.6. The molecule has 0 radical (unpaired) electrons. The largest absolute Gasteiger partial charge is 0.361 e. The number of aromatic amines is 2. The van der Waals surface area contributed by atoms with E-state index in [2.05, 4.69) is 54.1 Å². The third kappa shape index (κ3) is 5.11. The second-order valence-corrected chi connectivity index (χ2v) is 9.56. The van der Waals surface area contributed by atoms with Gasteiger partial charge in [-0.15, -0.1) is 10.2 Å². The minimum absolute atomic E-state index is 0.563. The van der Waals surface area contributed by atoms with Crippen LogP contribution < -0.4 is 0 Å². The molecule has 5 rings (SSSR count). The Balaban J connectivity index is 1.37. The summed E-state index contributed by atoms with van der Waals surface area (Å²) in [6, 6.07) is 14.1. The molecule has 0 amide bonds. The van der Waals surface area contributed by atoms with Gasteiger partial charge in [-0.3, -0.25) is 0 Å². The van der Waals surface area contributed by atoms with Gasteiger partial charge in [-0.2, -0.15) is 0 Å². The molecular formula is C24H22Cl2N6S. The monoisotopic (exact) mass is 496 g/mol. The second kappa shape index (κ2) is 10.0. The fourth-order valence-corrected chi connectivity index (χ4v) is 5.10. The van der Waals surface area contributed by atoms with Gasteiger partial charge in [0.05, 0.1) is 16.4 Å². The molecule has 0 saturated carbocycles. The van der Waals surface area contributed by atoms with Gasteiger partial charge in [-0.1, -0.05) is 59.2 Å². The van der Waals surface area contributed by atoms with Crippen molar-refractivity contribution in [2.75, 3.05) is 0 Å². The van der Waals surface area contributed by atoms with Crippen molar-refractivity contribution in [3.63, 3.8) is 0 Å². The lowest BCUT2D eigenvalue weighted by Crippen LogP contribution is -2.07. The Morgan fingerprint density at radius 2 is 1.91 bits per heavy atom. The lowest BCUT2D eigenvalue weighted by Gasteiger charge is -2.10. The number of nitrogens with zero attached hydrogens (tertiary/aromatic N) is 4. The maximum Gasteiger partial charge on any atom is 0.191 e. The highest BCUT2D eigenvalue weighted by atomic mass is 35.5. The van der Waals surface area contributed by atoms with Gasteiger partial charge >= 0.3 is 0 Å². The molecule has 6 nitrogen and oxygen atoms in total. The Hall–Kier alpha value is -2.74. The van der Waals surface area contributed by atoms with Gasteiger partial charge in [0.25, 0.3) is 0 Å². The molecule has 0 spiro atoms. The van der Waals surface area contributed by atoms with Gasteiger partial charge in [-0.25, -0.2) is 4.98 Å². The van der Waals surface area contributed by atoms with Gasteiger partial charge in [0.2, 0.25) is 0 Å². The lowest BCUT2D eigenvalue weighted by atomic mass is 10.1. The molecule has 3 aromatic heterocycles. The van der Waals surface area contributed by atoms with Gasteiger partial charge < -0.3 is 14.5 Å². The molecule has 0 bridgehead atoms. The molecule has 9 heteroatoms. The maximum atomic E-state index is 6.19. The maximum absolute atomic E-state index is 6.19. The van der Waals surface area contributed by atoms with Crippen molar-refractivity contribution in [2.24, 2.45) is 0 Å². The number of hydrogen-bond donors (Lipinski definition) is 2. The van der Waals surface area contributed by atoms with Crippen molar-refractivity contribution in [3.8, 4) is 0 Å². The molecule has 0 aliphatic heterocycles. The molecule has 2 aromatic carbocycles. The first-order chi connectivity index (χ1) is 16.2. The zero-order chi connectivity index (χ0) is 22.6. The fourth-order valence-electron chi connectivity index (χ4n) is 3.86. The van der Waals surface area contributed by atoms with Crippen LogP contribution >= 0.6 is 35.0 Å². The molecule has 2 N–H and O–H groups in total. The molecule has 5 aromatic rings. The Morgan fingerprint density at radius 1 is 1.00 bits per heavy atom. The van der Waals surface area contributed by atoms with E-state index in [9.17, 15) is 0 Å². The highest BCUT2D eigenvalue weighted by Crippen LogP contribution is 2.28. The highest BCUT2D eigenvalue weighted by Gasteiger charge is 2.15. The number of fused-ring (bicyclic) bond motifs is 1. The fraction of sp³-hybridized carbons (Fsp3) is 0.208. The number of nitrogens with one attached hydrogen (secondary N) is 2. The van der Waals surface area contributed by atoms with Crippen LogP contribution in [-0.4, -0.2) is 29.7 Å². The summed E-state index contributed by atoms with van der Waals surface area (Å²) in [5.74, 6) is 1.70. The predicted octanol–water partition coefficient (Wildman–Crippen LogP) is 6.31. The van der Waals surface area contributed by atoms with Crippen LogP contribution in [0.4, 0.5) is 0 Å². The number of imidazole rings is 1. The quantitative estimate of drug-likeness (QED) is 0.234. The van der Waals surface area contributed by atoms with Crippen molar-refractivity contribution in [1.82, 2.24) is 29.7 Å². The molecule has 33 heavy (non-hydrogen) atoms. The predicted molar refractivity (Wildman–Crippen MR) is 134 cm³/mol. The first kappa shape index (κ1) is 22.1. The van der Waals surface area contributed by atoms with E-state index in [0.717, 1.165) is 52.9 Å². The van der Waals surface area contributed by atoms with E-state index in [4.69, 9.17) is 23.2 Å². The van der Waals surface area contributed by atoms with Crippen LogP contribution in [0.15, 0.2) is 66.3 Å². The van der Waals surface area contributed by atoms with Crippen molar-refractivity contribution in [1.29, 1.82) is 0 Å². The SMILES string of the molecule is Clc1ccc(CSc2nnc(Cc3c[nH]c4ccccc34)n2CCCc2cnc[nH]2)cc1Cl. The van der Waals surface area contributed by atoms with Crippen LogP contribution in [-0.2, 0) is 25.1 Å². The van der Waals surface area contributed by atoms with E-state index in [0.29, 0.717) is 16.5 Å². The van der Waals surface area contributed by atoms with E-state index in [-0.39, 0.29) is 0 Å². The summed E-state index contributed by atoms with van der Waals surface area (Å²) in [5.41, 5.74) is 4.58. The van der Waals surface area contributed by atoms with Crippen molar-refractivity contribution in [3.05, 3.63) is 93.9 Å². The topological polar surface area (TPSA) is 75.2 Å². The Morgan fingerprint density at radius 3 is 2.76 bits per heavy atom. The summed E-state index contributed by atoms with van der Waals surface area (Å²) >= 11 is 13.9. The zero-order valence-corrected chi connectivity index (χ0v) is 20.1. The van der Waals surface area contributed by atoms with Crippen LogP contribution in [0.2, 0.25) is 10.0 Å². The minimum Gasteiger partial charge on any atom is -0.361 e. The van der Waals surface area contributed by atoms with Gasteiger partial charge in [0.1, 0.15) is 5.82 Å². The van der Waals surface area contributed by atoms with E-state index in [1.165, 1.54) is 10.9 Å². The standard InChI is InChI=1S/C24H22Cl2N6S/c25-20-8-7-16(10-21(20)26)14-33-24-31-30-23(32(24)9-3-4-18-13-27-15-29-18)11-17-12-28-22-6-2-1-5-19(17)22/h1-2,5-8,10,12-13,15,28H,3-4,9,11,14H2,(H,27,29). The van der Waals surface area contributed by atoms with E-state index >= 15 is 0 Å². The normalized spacial score (nSPS) is 11.5. The molecule has 0 atom stereocenters. The highest BCUT2D eigenvalue weighted by molar-refractivity contribution is 7.98. The summed E-state index contributed by atoms with van der Waals surface area (Å²) in [6.45, 7) is 0.827. The molecule has 0 saturated heterocycles. The first-order valence-electron chi connectivity index (χ1n) is 10.7. The van der Waals surface area contributed by atoms with Crippen LogP contribution in [0.5, 0.6) is 0 Å². The summed E-state index contributed by atoms with van der Waals surface area (Å²) < 4.78 is 2.24. The van der Waals surface area contributed by atoms with Crippen LogP contribution in [0.25, 0.3) is 10.9 Å². The lowest BCUT2D eigenvalue weighted by molar-refractivity contribution is 0.572. The molecule has 0 unspecified atom stereocenters. The van der Waals surface area contributed by atoms with Crippen molar-refractivity contribution in [2.45, 2.75) is 36.7 Å². The Labute approximate surface area is 205 Å². The number of aryl methyl sites for hydroxylation is 1. The number of benzene rings is 2. The number of thioether (sulfide) groups is 1. The third-order valence-electron chi connectivity index (χ3n) is 5.55. The first-order valence-corrected chi connectivity index (χ1v) is 12.4. The summed E-state index contributed by atoms with van der Waals surface area (Å²) in [5, 5.41) is 12.4. The molecule has 168 valence electrons. The molecule has 3 heterocycles. The second-order valence-electron chi connectivity index (χ2n) is 7.80. The number of hydrogen-bond acceptors (Lipinski definition) is 4. The number of rotatable bonds is 9. The van der Waals surface area contributed by atoms with Gasteiger partial charge in [0.15, 0.2) is 5.16 Å². The number of halogens is 2. The Bertz CT molecular complexity index is 1360. The summed E-state index contributed by atoms with van der Waals surface area (Å²) in [7, 11) is 0. The van der Waals surface area contributed by atoms with Gasteiger partial charge in [-0.05, 0) is 42.2 Å². The number of para-hydroxylation sites is 1. The summed E-state index contributed by atoms with van der Waals surface area (Å²) in [6.07, 6.45) is 8.25. The Kier molecular flexibility index (Phi) is 6.71. The van der Waals surface area contributed by atoms with Crippen molar-refractivity contribution >= 4 is 45.9 Å². The van der Waals surface area contributed by atoms with Gasteiger partial charge in [0, 0.05) is 47.7 Å². The van der Waals surface area contributed by atoms with Crippen LogP contribution in [0.1, 0.15) is 29.1 Å². The molecule has 0 aliphatic carbocycles. The molecular weight excluding hydrogens is 475 g/mol. The average Bonchev–Trinajstić information content (AvgIpc) is 3.57. The average molecular weight is 497 g/mol. The van der Waals surface area contributed by atoms with Crippen LogP contribution in [0, 0.1) is 0 Å². The zero-order valence-electron chi connectivity index (χ0n) is 17.8. The third-order valence-corrected chi connectivity index (χ3v) is 7.33.